The molecule has 0 aliphatic heterocycles. The Balaban J connectivity index is 1.83. The monoisotopic (exact) mass is 367 g/mol. The molecule has 0 radical (unpaired) electrons. The van der Waals surface area contributed by atoms with Gasteiger partial charge in [-0.15, -0.1) is 0 Å². The number of hydrogen-bond donors (Lipinski definition) is 2. The van der Waals surface area contributed by atoms with Crippen molar-refractivity contribution in [3.8, 4) is 0 Å². The lowest BCUT2D eigenvalue weighted by Crippen LogP contribution is -2.32. The number of anilines is 1. The number of thiocarbonyl (C=S) groups is 1. The van der Waals surface area contributed by atoms with Gasteiger partial charge in [0.2, 0.25) is 5.91 Å². The molecule has 2 rings (SSSR count). The fourth-order valence-corrected chi connectivity index (χ4v) is 2.67. The second-order valence-electron chi connectivity index (χ2n) is 5.85. The van der Waals surface area contributed by atoms with Crippen molar-refractivity contribution >= 4 is 35.0 Å². The van der Waals surface area contributed by atoms with Crippen molar-refractivity contribution in [3.63, 3.8) is 0 Å². The smallest absolute Gasteiger partial charge is 0.250 e. The number of hydrogen-bond acceptors (Lipinski definition) is 3. The lowest BCUT2D eigenvalue weighted by molar-refractivity contribution is -0.115. The number of carbonyl (C=O) groups excluding carboxylic acids is 1. The van der Waals surface area contributed by atoms with Crippen LogP contribution in [0.2, 0.25) is 0 Å². The summed E-state index contributed by atoms with van der Waals surface area (Å²) in [7, 11) is 0. The van der Waals surface area contributed by atoms with Crippen LogP contribution in [0.1, 0.15) is 25.0 Å². The van der Waals surface area contributed by atoms with Gasteiger partial charge in [0.1, 0.15) is 0 Å². The SMILES string of the molecule is CCN(CC)Cc1ccc(NC(=S)NC(=O)/C=C/c2ccccc2)cc1. The first-order valence-corrected chi connectivity index (χ1v) is 9.18. The maximum absolute atomic E-state index is 11.9. The van der Waals surface area contributed by atoms with Crippen LogP contribution in [-0.4, -0.2) is 29.0 Å². The van der Waals surface area contributed by atoms with Crippen LogP contribution < -0.4 is 10.6 Å². The van der Waals surface area contributed by atoms with Crippen molar-refractivity contribution < 1.29 is 4.79 Å². The van der Waals surface area contributed by atoms with Crippen molar-refractivity contribution in [3.05, 3.63) is 71.8 Å². The van der Waals surface area contributed by atoms with Gasteiger partial charge in [-0.2, -0.15) is 0 Å². The second kappa shape index (κ2) is 10.5. The average molecular weight is 368 g/mol. The zero-order chi connectivity index (χ0) is 18.8. The predicted octanol–water partition coefficient (Wildman–Crippen LogP) is 4.05. The molecule has 0 heterocycles. The maximum Gasteiger partial charge on any atom is 0.250 e. The maximum atomic E-state index is 11.9. The third kappa shape index (κ3) is 6.78. The molecule has 0 aliphatic carbocycles. The first kappa shape index (κ1) is 19.8. The van der Waals surface area contributed by atoms with E-state index in [9.17, 15) is 4.79 Å². The Labute approximate surface area is 160 Å². The van der Waals surface area contributed by atoms with Gasteiger partial charge in [-0.3, -0.25) is 15.0 Å². The van der Waals surface area contributed by atoms with Crippen LogP contribution in [0.3, 0.4) is 0 Å². The molecular weight excluding hydrogens is 342 g/mol. The van der Waals surface area contributed by atoms with Gasteiger partial charge in [0.25, 0.3) is 0 Å². The highest BCUT2D eigenvalue weighted by Gasteiger charge is 2.04. The molecular formula is C21H25N3OS. The molecule has 2 aromatic rings. The van der Waals surface area contributed by atoms with E-state index in [2.05, 4.69) is 41.5 Å². The molecule has 1 amide bonds. The second-order valence-corrected chi connectivity index (χ2v) is 6.25. The van der Waals surface area contributed by atoms with Gasteiger partial charge < -0.3 is 5.32 Å². The van der Waals surface area contributed by atoms with Gasteiger partial charge in [0, 0.05) is 18.3 Å². The largest absolute Gasteiger partial charge is 0.332 e. The van der Waals surface area contributed by atoms with Crippen LogP contribution in [-0.2, 0) is 11.3 Å². The van der Waals surface area contributed by atoms with Crippen LogP contribution in [0.25, 0.3) is 6.08 Å². The summed E-state index contributed by atoms with van der Waals surface area (Å²) >= 11 is 5.20. The number of carbonyl (C=O) groups is 1. The Morgan fingerprint density at radius 1 is 1.04 bits per heavy atom. The molecule has 136 valence electrons. The average Bonchev–Trinajstić information content (AvgIpc) is 2.66. The van der Waals surface area contributed by atoms with E-state index in [0.29, 0.717) is 0 Å². The van der Waals surface area contributed by atoms with Crippen LogP contribution in [0.5, 0.6) is 0 Å². The normalized spacial score (nSPS) is 10.9. The molecule has 0 aliphatic rings. The summed E-state index contributed by atoms with van der Waals surface area (Å²) in [6, 6.07) is 17.7. The molecule has 0 saturated heterocycles. The van der Waals surface area contributed by atoms with Crippen molar-refractivity contribution in [1.29, 1.82) is 0 Å². The van der Waals surface area contributed by atoms with Crippen molar-refractivity contribution in [2.75, 3.05) is 18.4 Å². The topological polar surface area (TPSA) is 44.4 Å². The fraction of sp³-hybridized carbons (Fsp3) is 0.238. The lowest BCUT2D eigenvalue weighted by Gasteiger charge is -2.18. The number of nitrogens with one attached hydrogen (secondary N) is 2. The Bertz CT molecular complexity index is 738. The Kier molecular flexibility index (Phi) is 7.99. The Hall–Kier alpha value is -2.50. The molecule has 0 aromatic heterocycles. The van der Waals surface area contributed by atoms with E-state index < -0.39 is 0 Å². The van der Waals surface area contributed by atoms with Gasteiger partial charge in [-0.25, -0.2) is 0 Å². The summed E-state index contributed by atoms with van der Waals surface area (Å²) < 4.78 is 0. The van der Waals surface area contributed by atoms with Crippen LogP contribution in [0.15, 0.2) is 60.7 Å². The minimum absolute atomic E-state index is 0.260. The Morgan fingerprint density at radius 2 is 1.69 bits per heavy atom. The van der Waals surface area contributed by atoms with E-state index in [4.69, 9.17) is 12.2 Å². The molecule has 0 atom stereocenters. The molecule has 0 spiro atoms. The molecule has 0 bridgehead atoms. The first-order valence-electron chi connectivity index (χ1n) is 8.77. The number of amides is 1. The van der Waals surface area contributed by atoms with E-state index in [1.807, 2.05) is 42.5 Å². The third-order valence-corrected chi connectivity index (χ3v) is 4.18. The molecule has 0 fully saturated rings. The first-order chi connectivity index (χ1) is 12.6. The molecule has 0 saturated carbocycles. The van der Waals surface area contributed by atoms with E-state index >= 15 is 0 Å². The summed E-state index contributed by atoms with van der Waals surface area (Å²) in [5.41, 5.74) is 3.07. The van der Waals surface area contributed by atoms with E-state index in [1.165, 1.54) is 11.6 Å². The number of benzene rings is 2. The number of nitrogens with zero attached hydrogens (tertiary/aromatic N) is 1. The molecule has 4 nitrogen and oxygen atoms in total. The van der Waals surface area contributed by atoms with Gasteiger partial charge >= 0.3 is 0 Å². The molecule has 26 heavy (non-hydrogen) atoms. The highest BCUT2D eigenvalue weighted by molar-refractivity contribution is 7.80. The zero-order valence-electron chi connectivity index (χ0n) is 15.2. The van der Waals surface area contributed by atoms with Gasteiger partial charge in [0.15, 0.2) is 5.11 Å². The summed E-state index contributed by atoms with van der Waals surface area (Å²) in [6.45, 7) is 7.31. The summed E-state index contributed by atoms with van der Waals surface area (Å²) in [4.78, 5) is 14.3. The van der Waals surface area contributed by atoms with E-state index in [-0.39, 0.29) is 11.0 Å². The Morgan fingerprint density at radius 3 is 2.31 bits per heavy atom. The standard InChI is InChI=1S/C21H25N3OS/c1-3-24(4-2)16-18-10-13-19(14-11-18)22-21(26)23-20(25)15-12-17-8-6-5-7-9-17/h5-15H,3-4,16H2,1-2H3,(H2,22,23,25,26)/b15-12+. The zero-order valence-corrected chi connectivity index (χ0v) is 16.1. The summed E-state index contributed by atoms with van der Waals surface area (Å²) in [6.07, 6.45) is 3.22. The highest BCUT2D eigenvalue weighted by Crippen LogP contribution is 2.11. The quantitative estimate of drug-likeness (QED) is 0.572. The molecule has 0 unspecified atom stereocenters. The lowest BCUT2D eigenvalue weighted by atomic mass is 10.2. The van der Waals surface area contributed by atoms with Crippen molar-refractivity contribution in [2.45, 2.75) is 20.4 Å². The van der Waals surface area contributed by atoms with Crippen molar-refractivity contribution in [2.24, 2.45) is 0 Å². The molecule has 2 aromatic carbocycles. The van der Waals surface area contributed by atoms with Crippen LogP contribution >= 0.6 is 12.2 Å². The molecule has 5 heteroatoms. The van der Waals surface area contributed by atoms with Crippen LogP contribution in [0.4, 0.5) is 5.69 Å². The fourth-order valence-electron chi connectivity index (χ4n) is 2.45. The molecule has 2 N–H and O–H groups in total. The minimum atomic E-state index is -0.260. The van der Waals surface area contributed by atoms with Gasteiger partial charge in [0.05, 0.1) is 0 Å². The van der Waals surface area contributed by atoms with Gasteiger partial charge in [-0.05, 0) is 54.6 Å². The van der Waals surface area contributed by atoms with E-state index in [1.54, 1.807) is 6.08 Å². The van der Waals surface area contributed by atoms with Crippen molar-refractivity contribution in [1.82, 2.24) is 10.2 Å². The van der Waals surface area contributed by atoms with Gasteiger partial charge in [-0.1, -0.05) is 56.3 Å². The van der Waals surface area contributed by atoms with Crippen LogP contribution in [0, 0.1) is 0 Å². The number of rotatable bonds is 7. The predicted molar refractivity (Wildman–Crippen MR) is 113 cm³/mol. The highest BCUT2D eigenvalue weighted by atomic mass is 32.1. The third-order valence-electron chi connectivity index (χ3n) is 3.98. The summed E-state index contributed by atoms with van der Waals surface area (Å²) in [5, 5.41) is 5.96. The summed E-state index contributed by atoms with van der Waals surface area (Å²) in [5.74, 6) is -0.260. The minimum Gasteiger partial charge on any atom is -0.332 e. The van der Waals surface area contributed by atoms with E-state index in [0.717, 1.165) is 30.9 Å².